The van der Waals surface area contributed by atoms with Crippen LogP contribution in [0.2, 0.25) is 0 Å². The van der Waals surface area contributed by atoms with Crippen molar-refractivity contribution in [1.82, 2.24) is 9.55 Å². The van der Waals surface area contributed by atoms with Crippen LogP contribution in [0.4, 0.5) is 0 Å². The first-order valence-electron chi connectivity index (χ1n) is 19.7. The van der Waals surface area contributed by atoms with Gasteiger partial charge < -0.3 is 0 Å². The Hall–Kier alpha value is -5.99. The molecule has 0 saturated carbocycles. The highest BCUT2D eigenvalue weighted by molar-refractivity contribution is 6.21. The lowest BCUT2D eigenvalue weighted by Gasteiger charge is -2.18. The molecule has 1 aromatic heterocycles. The molecule has 0 aliphatic carbocycles. The number of aryl methyl sites for hydroxylation is 1. The summed E-state index contributed by atoms with van der Waals surface area (Å²) in [5.74, 6) is 0.938. The third kappa shape index (κ3) is 4.53. The number of benzene rings is 8. The van der Waals surface area contributed by atoms with Crippen LogP contribution in [0.1, 0.15) is 23.7 Å². The second-order valence-electron chi connectivity index (χ2n) is 11.6. The van der Waals surface area contributed by atoms with Crippen molar-refractivity contribution in [2.75, 3.05) is 0 Å². The Labute approximate surface area is 285 Å². The summed E-state index contributed by atoms with van der Waals surface area (Å²) in [5.41, 5.74) is 6.60. The fourth-order valence-electron chi connectivity index (χ4n) is 6.79. The molecule has 0 bridgehead atoms. The summed E-state index contributed by atoms with van der Waals surface area (Å²) in [6.07, 6.45) is 0.746. The molecule has 1 heterocycles. The first kappa shape index (κ1) is 20.2. The fraction of sp³-hybridized carbons (Fsp3) is 0.0444. The van der Waals surface area contributed by atoms with E-state index in [9.17, 15) is 5.48 Å². The molecule has 47 heavy (non-hydrogen) atoms. The highest BCUT2D eigenvalue weighted by Crippen LogP contribution is 2.44. The summed E-state index contributed by atoms with van der Waals surface area (Å²) in [4.78, 5) is 4.84. The molecule has 0 aliphatic heterocycles. The average molecular weight is 609 g/mol. The number of fused-ring (bicyclic) bond motifs is 4. The van der Waals surface area contributed by atoms with E-state index in [2.05, 4.69) is 23.6 Å². The molecule has 8 aromatic carbocycles. The van der Waals surface area contributed by atoms with Crippen LogP contribution in [0.3, 0.4) is 0 Å². The number of imidazole rings is 1. The van der Waals surface area contributed by atoms with E-state index in [1.165, 1.54) is 0 Å². The van der Waals surface area contributed by atoms with Crippen LogP contribution >= 0.6 is 0 Å². The smallest absolute Gasteiger partial charge is 0.114 e. The van der Waals surface area contributed by atoms with Crippen LogP contribution in [0.25, 0.3) is 82.4 Å². The lowest BCUT2D eigenvalue weighted by molar-refractivity contribution is 0.909. The molecule has 0 amide bonds. The van der Waals surface area contributed by atoms with Gasteiger partial charge in [0, 0.05) is 12.1 Å². The third-order valence-corrected chi connectivity index (χ3v) is 8.97. The molecule has 2 nitrogen and oxygen atoms in total. The fourth-order valence-corrected chi connectivity index (χ4v) is 6.79. The molecule has 0 saturated heterocycles. The molecule has 9 aromatic rings. The van der Waals surface area contributed by atoms with Crippen molar-refractivity contribution >= 4 is 43.4 Å². The molecular weight excluding hydrogens is 569 g/mol. The van der Waals surface area contributed by atoms with Crippen molar-refractivity contribution in [3.63, 3.8) is 0 Å². The zero-order valence-electron chi connectivity index (χ0n) is 33.6. The van der Waals surface area contributed by atoms with E-state index in [-0.39, 0.29) is 45.7 Å². The van der Waals surface area contributed by atoms with Gasteiger partial charge in [0.2, 0.25) is 0 Å². The van der Waals surface area contributed by atoms with Crippen molar-refractivity contribution in [3.05, 3.63) is 169 Å². The number of para-hydroxylation sites is 2. The second kappa shape index (κ2) is 11.1. The van der Waals surface area contributed by atoms with Gasteiger partial charge in [-0.1, -0.05) is 140 Å². The largest absolute Gasteiger partial charge is 0.296 e. The Bertz CT molecular complexity index is 2960. The van der Waals surface area contributed by atoms with Gasteiger partial charge in [-0.25, -0.2) is 4.98 Å². The molecule has 0 N–H and O–H groups in total. The van der Waals surface area contributed by atoms with Gasteiger partial charge in [0.25, 0.3) is 0 Å². The van der Waals surface area contributed by atoms with Gasteiger partial charge in [0.05, 0.1) is 22.0 Å². The maximum absolute atomic E-state index is 9.30. The molecular formula is C45H32N2. The molecule has 9 rings (SSSR count). The zero-order chi connectivity index (χ0) is 38.3. The predicted molar refractivity (Wildman–Crippen MR) is 199 cm³/mol. The Morgan fingerprint density at radius 1 is 0.532 bits per heavy atom. The van der Waals surface area contributed by atoms with Gasteiger partial charge in [-0.05, 0) is 96.0 Å². The van der Waals surface area contributed by atoms with Crippen molar-refractivity contribution in [3.8, 4) is 39.1 Å². The summed E-state index contributed by atoms with van der Waals surface area (Å²) in [5, 5.41) is 2.56. The van der Waals surface area contributed by atoms with Gasteiger partial charge >= 0.3 is 0 Å². The minimum absolute atomic E-state index is 0.194. The van der Waals surface area contributed by atoms with Crippen LogP contribution in [0.15, 0.2) is 164 Å². The number of aromatic nitrogens is 2. The van der Waals surface area contributed by atoms with Crippen molar-refractivity contribution in [2.45, 2.75) is 13.3 Å². The van der Waals surface area contributed by atoms with Crippen molar-refractivity contribution in [2.24, 2.45) is 0 Å². The van der Waals surface area contributed by atoms with Crippen LogP contribution in [0, 0.1) is 0 Å². The number of rotatable bonds is 5. The van der Waals surface area contributed by atoms with E-state index >= 15 is 0 Å². The highest BCUT2D eigenvalue weighted by atomic mass is 15.1. The van der Waals surface area contributed by atoms with E-state index in [0.717, 1.165) is 50.9 Å². The van der Waals surface area contributed by atoms with Crippen LogP contribution in [-0.2, 0) is 6.42 Å². The maximum atomic E-state index is 9.30. The molecule has 0 spiro atoms. The average Bonchev–Trinajstić information content (AvgIpc) is 3.61. The van der Waals surface area contributed by atoms with Crippen molar-refractivity contribution in [1.29, 1.82) is 0 Å². The van der Waals surface area contributed by atoms with Gasteiger partial charge in [-0.3, -0.25) is 4.57 Å². The highest BCUT2D eigenvalue weighted by Gasteiger charge is 2.17. The first-order valence-corrected chi connectivity index (χ1v) is 15.7. The third-order valence-electron chi connectivity index (χ3n) is 8.97. The van der Waals surface area contributed by atoms with E-state index in [1.54, 1.807) is 0 Å². The Kier molecular flexibility index (Phi) is 4.78. The van der Waals surface area contributed by atoms with Gasteiger partial charge in [0.15, 0.2) is 0 Å². The Morgan fingerprint density at radius 3 is 1.74 bits per heavy atom. The van der Waals surface area contributed by atoms with E-state index in [0.29, 0.717) is 22.3 Å². The van der Waals surface area contributed by atoms with Crippen LogP contribution < -0.4 is 0 Å². The summed E-state index contributed by atoms with van der Waals surface area (Å²) >= 11 is 0. The maximum Gasteiger partial charge on any atom is 0.114 e. The number of hydrogen-bond donors (Lipinski definition) is 0. The van der Waals surface area contributed by atoms with Gasteiger partial charge in [-0.2, -0.15) is 0 Å². The first-order chi connectivity index (χ1) is 26.6. The summed E-state index contributed by atoms with van der Waals surface area (Å²) in [6.45, 7) is 2.08. The SMILES string of the molecule is [2H]c1c([2H])c([2H])c2c(-c3ccc4cc(-n5c(CC)nc6ccccc65)ccc4c3)c3c([2H])c([2H])c([2H])c([2H])c3c(-c3ccc(-c4ccccc4)cc3)c2c1[2H]. The normalized spacial score (nSPS) is 14.0. The Balaban J connectivity index is 1.35. The summed E-state index contributed by atoms with van der Waals surface area (Å²) in [6, 6.07) is 34.4. The quantitative estimate of drug-likeness (QED) is 0.178. The standard InChI is InChI=1S/C45H32N2/c1-2-43-46-41-18-10-11-19-42(41)47(43)36-27-26-33-28-35(25-24-34(33)29-36)45-39-16-8-6-14-37(39)44(38-15-7-9-17-40(38)45)32-22-20-31(21-23-32)30-12-4-3-5-13-30/h3-29H,2H2,1H3/i6D,7D,8D,9D,14D,15D,16D,17D. The monoisotopic (exact) mass is 608 g/mol. The minimum atomic E-state index is -0.422. The summed E-state index contributed by atoms with van der Waals surface area (Å²) in [7, 11) is 0. The topological polar surface area (TPSA) is 17.8 Å². The number of nitrogens with zero attached hydrogens (tertiary/aromatic N) is 2. The summed E-state index contributed by atoms with van der Waals surface area (Å²) < 4.78 is 74.3. The molecule has 0 atom stereocenters. The van der Waals surface area contributed by atoms with Crippen LogP contribution in [-0.4, -0.2) is 9.55 Å². The molecule has 0 unspecified atom stereocenters. The molecule has 222 valence electrons. The van der Waals surface area contributed by atoms with E-state index < -0.39 is 24.2 Å². The van der Waals surface area contributed by atoms with E-state index in [4.69, 9.17) is 10.5 Å². The molecule has 0 aliphatic rings. The Morgan fingerprint density at radius 2 is 1.06 bits per heavy atom. The lowest BCUT2D eigenvalue weighted by Crippen LogP contribution is -2.00. The van der Waals surface area contributed by atoms with Crippen LogP contribution in [0.5, 0.6) is 0 Å². The second-order valence-corrected chi connectivity index (χ2v) is 11.6. The zero-order valence-corrected chi connectivity index (χ0v) is 25.6. The predicted octanol–water partition coefficient (Wildman–Crippen LogP) is 12.0. The molecule has 0 fully saturated rings. The van der Waals surface area contributed by atoms with E-state index in [1.807, 2.05) is 103 Å². The van der Waals surface area contributed by atoms with Gasteiger partial charge in [0.1, 0.15) is 5.82 Å². The molecule has 2 heteroatoms. The minimum Gasteiger partial charge on any atom is -0.296 e. The number of hydrogen-bond acceptors (Lipinski definition) is 1. The lowest BCUT2D eigenvalue weighted by atomic mass is 9.85. The van der Waals surface area contributed by atoms with Crippen molar-refractivity contribution < 1.29 is 11.0 Å². The molecule has 0 radical (unpaired) electrons. The van der Waals surface area contributed by atoms with Gasteiger partial charge in [-0.15, -0.1) is 0 Å².